The first-order valence-electron chi connectivity index (χ1n) is 5.99. The number of hydrogen-bond donors (Lipinski definition) is 1. The molecule has 19 heavy (non-hydrogen) atoms. The van der Waals surface area contributed by atoms with Crippen molar-refractivity contribution in [3.05, 3.63) is 46.3 Å². The Balaban J connectivity index is 2.04. The lowest BCUT2D eigenvalue weighted by Crippen LogP contribution is -2.18. The molecule has 0 aliphatic rings. The molecule has 0 saturated heterocycles. The van der Waals surface area contributed by atoms with Crippen molar-refractivity contribution in [3.8, 4) is 0 Å². The van der Waals surface area contributed by atoms with Crippen LogP contribution in [0.5, 0.6) is 0 Å². The van der Waals surface area contributed by atoms with E-state index in [1.54, 1.807) is 30.2 Å². The molecule has 0 unspecified atom stereocenters. The number of hydrogen-bond acceptors (Lipinski definition) is 4. The van der Waals surface area contributed by atoms with Crippen molar-refractivity contribution < 1.29 is 4.74 Å². The molecule has 2 rings (SSSR count). The van der Waals surface area contributed by atoms with Crippen molar-refractivity contribution in [2.24, 2.45) is 0 Å². The van der Waals surface area contributed by atoms with Gasteiger partial charge < -0.3 is 10.1 Å². The van der Waals surface area contributed by atoms with Crippen LogP contribution in [0.1, 0.15) is 5.56 Å². The molecule has 0 fully saturated rings. The van der Waals surface area contributed by atoms with E-state index in [0.29, 0.717) is 0 Å². The Morgan fingerprint density at radius 3 is 3.00 bits per heavy atom. The van der Waals surface area contributed by atoms with Crippen molar-refractivity contribution in [2.75, 3.05) is 20.3 Å². The molecule has 1 heterocycles. The van der Waals surface area contributed by atoms with Crippen molar-refractivity contribution in [1.29, 1.82) is 0 Å². The van der Waals surface area contributed by atoms with Crippen LogP contribution in [0.25, 0.3) is 0 Å². The van der Waals surface area contributed by atoms with Gasteiger partial charge in [0.05, 0.1) is 10.8 Å². The largest absolute Gasteiger partial charge is 0.383 e. The molecule has 1 aromatic heterocycles. The minimum absolute atomic E-state index is 0.723. The standard InChI is InChI=1S/C14H16ClNOS2/c1-17-7-6-16-10-11-4-5-12(15)9-13(11)19-14-3-2-8-18-14/h2-5,8-9,16H,6-7,10H2,1H3. The molecule has 1 aromatic carbocycles. The molecular weight excluding hydrogens is 298 g/mol. The summed E-state index contributed by atoms with van der Waals surface area (Å²) in [5.74, 6) is 0. The molecule has 1 N–H and O–H groups in total. The van der Waals surface area contributed by atoms with E-state index >= 15 is 0 Å². The highest BCUT2D eigenvalue weighted by Gasteiger charge is 2.06. The fourth-order valence-electron chi connectivity index (χ4n) is 1.60. The normalized spacial score (nSPS) is 10.8. The third-order valence-corrected chi connectivity index (χ3v) is 4.91. The summed E-state index contributed by atoms with van der Waals surface area (Å²) >= 11 is 9.60. The summed E-state index contributed by atoms with van der Waals surface area (Å²) in [5, 5.41) is 6.23. The summed E-state index contributed by atoms with van der Waals surface area (Å²) < 4.78 is 6.31. The van der Waals surface area contributed by atoms with E-state index in [1.807, 2.05) is 12.1 Å². The van der Waals surface area contributed by atoms with E-state index in [4.69, 9.17) is 16.3 Å². The highest BCUT2D eigenvalue weighted by atomic mass is 35.5. The zero-order valence-electron chi connectivity index (χ0n) is 10.7. The number of thiophene rings is 1. The summed E-state index contributed by atoms with van der Waals surface area (Å²) in [5.41, 5.74) is 1.26. The lowest BCUT2D eigenvalue weighted by molar-refractivity contribution is 0.199. The van der Waals surface area contributed by atoms with Gasteiger partial charge in [0.15, 0.2) is 0 Å². The van der Waals surface area contributed by atoms with Crippen LogP contribution in [0.2, 0.25) is 5.02 Å². The number of rotatable bonds is 7. The van der Waals surface area contributed by atoms with Gasteiger partial charge in [-0.1, -0.05) is 35.5 Å². The average molecular weight is 314 g/mol. The zero-order chi connectivity index (χ0) is 13.5. The Labute approximate surface area is 127 Å². The van der Waals surface area contributed by atoms with Crippen molar-refractivity contribution in [1.82, 2.24) is 5.32 Å². The second kappa shape index (κ2) is 7.92. The van der Waals surface area contributed by atoms with Crippen molar-refractivity contribution >= 4 is 34.7 Å². The Morgan fingerprint density at radius 1 is 1.37 bits per heavy atom. The molecule has 0 saturated carbocycles. The summed E-state index contributed by atoms with van der Waals surface area (Å²) in [4.78, 5) is 1.21. The first-order valence-corrected chi connectivity index (χ1v) is 8.06. The molecule has 0 amide bonds. The maximum absolute atomic E-state index is 6.09. The maximum atomic E-state index is 6.09. The quantitative estimate of drug-likeness (QED) is 0.771. The summed E-state index contributed by atoms with van der Waals surface area (Å²) in [7, 11) is 1.71. The number of nitrogens with one attached hydrogen (secondary N) is 1. The number of methoxy groups -OCH3 is 1. The van der Waals surface area contributed by atoms with Crippen molar-refractivity contribution in [3.63, 3.8) is 0 Å². The highest BCUT2D eigenvalue weighted by Crippen LogP contribution is 2.35. The molecule has 0 radical (unpaired) electrons. The molecular formula is C14H16ClNOS2. The van der Waals surface area contributed by atoms with Gasteiger partial charge in [0.25, 0.3) is 0 Å². The van der Waals surface area contributed by atoms with Gasteiger partial charge in [-0.25, -0.2) is 0 Å². The summed E-state index contributed by atoms with van der Waals surface area (Å²) in [6.07, 6.45) is 0. The van der Waals surface area contributed by atoms with Crippen LogP contribution in [0.4, 0.5) is 0 Å². The second-order valence-corrected chi connectivity index (χ2v) is 6.68. The van der Waals surface area contributed by atoms with Crippen LogP contribution in [-0.2, 0) is 11.3 Å². The van der Waals surface area contributed by atoms with Crippen LogP contribution < -0.4 is 5.32 Å². The number of halogens is 1. The van der Waals surface area contributed by atoms with E-state index in [1.165, 1.54) is 14.7 Å². The zero-order valence-corrected chi connectivity index (χ0v) is 13.1. The topological polar surface area (TPSA) is 21.3 Å². The van der Waals surface area contributed by atoms with Crippen LogP contribution in [0.3, 0.4) is 0 Å². The van der Waals surface area contributed by atoms with E-state index in [2.05, 4.69) is 28.9 Å². The molecule has 0 spiro atoms. The van der Waals surface area contributed by atoms with Gasteiger partial charge in [-0.3, -0.25) is 0 Å². The minimum atomic E-state index is 0.723. The fraction of sp³-hybridized carbons (Fsp3) is 0.286. The number of ether oxygens (including phenoxy) is 1. The Morgan fingerprint density at radius 2 is 2.26 bits per heavy atom. The maximum Gasteiger partial charge on any atom is 0.0646 e. The van der Waals surface area contributed by atoms with Gasteiger partial charge in [0, 0.05) is 30.1 Å². The van der Waals surface area contributed by atoms with Gasteiger partial charge in [-0.15, -0.1) is 11.3 Å². The summed E-state index contributed by atoms with van der Waals surface area (Å²) in [6.45, 7) is 2.40. The second-order valence-electron chi connectivity index (χ2n) is 3.96. The van der Waals surface area contributed by atoms with E-state index in [-0.39, 0.29) is 0 Å². The van der Waals surface area contributed by atoms with Crippen LogP contribution in [0.15, 0.2) is 44.8 Å². The monoisotopic (exact) mass is 313 g/mol. The molecule has 0 aliphatic heterocycles. The van der Waals surface area contributed by atoms with Crippen LogP contribution in [-0.4, -0.2) is 20.3 Å². The predicted molar refractivity (Wildman–Crippen MR) is 83.5 cm³/mol. The Bertz CT molecular complexity index is 502. The molecule has 0 atom stereocenters. The minimum Gasteiger partial charge on any atom is -0.383 e. The van der Waals surface area contributed by atoms with E-state index < -0.39 is 0 Å². The number of benzene rings is 1. The highest BCUT2D eigenvalue weighted by molar-refractivity contribution is 8.01. The molecule has 2 aromatic rings. The van der Waals surface area contributed by atoms with Crippen LogP contribution in [0, 0.1) is 0 Å². The van der Waals surface area contributed by atoms with Gasteiger partial charge in [0.2, 0.25) is 0 Å². The van der Waals surface area contributed by atoms with E-state index in [0.717, 1.165) is 24.7 Å². The van der Waals surface area contributed by atoms with Gasteiger partial charge >= 0.3 is 0 Å². The van der Waals surface area contributed by atoms with Gasteiger partial charge in [-0.05, 0) is 29.1 Å². The van der Waals surface area contributed by atoms with Gasteiger partial charge in [0.1, 0.15) is 0 Å². The molecule has 5 heteroatoms. The molecule has 0 bridgehead atoms. The smallest absolute Gasteiger partial charge is 0.0646 e. The molecule has 102 valence electrons. The molecule has 0 aliphatic carbocycles. The lowest BCUT2D eigenvalue weighted by Gasteiger charge is -2.10. The first-order chi connectivity index (χ1) is 9.29. The molecule has 2 nitrogen and oxygen atoms in total. The first kappa shape index (κ1) is 14.9. The van der Waals surface area contributed by atoms with E-state index in [9.17, 15) is 0 Å². The van der Waals surface area contributed by atoms with Crippen molar-refractivity contribution in [2.45, 2.75) is 15.6 Å². The lowest BCUT2D eigenvalue weighted by atomic mass is 10.2. The third kappa shape index (κ3) is 4.82. The average Bonchev–Trinajstić information content (AvgIpc) is 2.90. The van der Waals surface area contributed by atoms with Crippen LogP contribution >= 0.6 is 34.7 Å². The Kier molecular flexibility index (Phi) is 6.20. The Hall–Kier alpha value is -0.520. The predicted octanol–water partition coefficient (Wildman–Crippen LogP) is 4.29. The third-order valence-electron chi connectivity index (χ3n) is 2.53. The summed E-state index contributed by atoms with van der Waals surface area (Å²) in [6, 6.07) is 10.2. The fourth-order valence-corrected chi connectivity index (χ4v) is 3.73. The van der Waals surface area contributed by atoms with Gasteiger partial charge in [-0.2, -0.15) is 0 Å². The SMILES string of the molecule is COCCNCc1ccc(Cl)cc1Sc1cccs1.